The van der Waals surface area contributed by atoms with E-state index in [-0.39, 0.29) is 0 Å². The number of nitrogens with zero attached hydrogens (tertiary/aromatic N) is 2. The molecule has 90 valence electrons. The van der Waals surface area contributed by atoms with Crippen LogP contribution < -0.4 is 10.4 Å². The Hall–Kier alpha value is -2.36. The van der Waals surface area contributed by atoms with E-state index < -0.39 is 0 Å². The molecule has 0 amide bonds. The van der Waals surface area contributed by atoms with E-state index in [0.717, 1.165) is 23.2 Å². The van der Waals surface area contributed by atoms with Crippen LogP contribution in [-0.4, -0.2) is 5.27 Å². The van der Waals surface area contributed by atoms with Gasteiger partial charge < -0.3 is 5.73 Å². The number of hydrogen-bond donors (Lipinski definition) is 1. The highest BCUT2D eigenvalue weighted by atomic mass is 16.5. The molecule has 3 rings (SSSR count). The minimum Gasteiger partial charge on any atom is -0.362 e. The lowest BCUT2D eigenvalue weighted by atomic mass is 10.0. The Bertz CT molecular complexity index is 698. The van der Waals surface area contributed by atoms with Crippen LogP contribution in [0, 0.1) is 0 Å². The Kier molecular flexibility index (Phi) is 2.48. The normalized spacial score (nSPS) is 10.9. The molecule has 0 aliphatic carbocycles. The monoisotopic (exact) mass is 240 g/mol. The topological polar surface area (TPSA) is 55.9 Å². The van der Waals surface area contributed by atoms with Gasteiger partial charge in [0, 0.05) is 0 Å². The quantitative estimate of drug-likeness (QED) is 0.700. The van der Waals surface area contributed by atoms with Gasteiger partial charge in [-0.15, -0.1) is 0 Å². The Morgan fingerprint density at radius 1 is 1.17 bits per heavy atom. The Labute approximate surface area is 105 Å². The van der Waals surface area contributed by atoms with E-state index in [1.54, 1.807) is 4.68 Å². The van der Waals surface area contributed by atoms with Crippen molar-refractivity contribution in [3.8, 4) is 11.3 Å². The van der Waals surface area contributed by atoms with Crippen molar-refractivity contribution < 1.29 is 9.20 Å². The number of rotatable bonds is 2. The van der Waals surface area contributed by atoms with Gasteiger partial charge in [0.05, 0.1) is 5.56 Å². The zero-order valence-electron chi connectivity index (χ0n) is 10.1. The summed E-state index contributed by atoms with van der Waals surface area (Å²) in [5, 5.41) is 6.26. The lowest BCUT2D eigenvalue weighted by molar-refractivity contribution is -0.749. The zero-order valence-corrected chi connectivity index (χ0v) is 10.1. The van der Waals surface area contributed by atoms with Crippen molar-refractivity contribution in [2.45, 2.75) is 13.5 Å². The molecule has 0 saturated heterocycles. The highest BCUT2D eigenvalue weighted by Crippen LogP contribution is 2.29. The van der Waals surface area contributed by atoms with Crippen LogP contribution >= 0.6 is 0 Å². The van der Waals surface area contributed by atoms with Crippen molar-refractivity contribution in [2.24, 2.45) is 0 Å². The molecule has 2 N–H and O–H groups in total. The first-order valence-electron chi connectivity index (χ1n) is 5.94. The van der Waals surface area contributed by atoms with Gasteiger partial charge in [-0.1, -0.05) is 36.4 Å². The first kappa shape index (κ1) is 10.8. The molecule has 18 heavy (non-hydrogen) atoms. The van der Waals surface area contributed by atoms with Crippen LogP contribution in [0.1, 0.15) is 6.92 Å². The van der Waals surface area contributed by atoms with Crippen molar-refractivity contribution in [3.63, 3.8) is 0 Å². The molecule has 4 nitrogen and oxygen atoms in total. The van der Waals surface area contributed by atoms with Crippen LogP contribution in [0.15, 0.2) is 47.0 Å². The molecule has 0 atom stereocenters. The van der Waals surface area contributed by atoms with Gasteiger partial charge in [0.2, 0.25) is 5.27 Å². The van der Waals surface area contributed by atoms with Gasteiger partial charge in [0.15, 0.2) is 6.54 Å². The van der Waals surface area contributed by atoms with E-state index in [1.807, 2.05) is 31.2 Å². The number of fused-ring (bicyclic) bond motifs is 1. The van der Waals surface area contributed by atoms with Crippen LogP contribution in [0.5, 0.6) is 0 Å². The van der Waals surface area contributed by atoms with Gasteiger partial charge in [-0.3, -0.25) is 4.52 Å². The zero-order chi connectivity index (χ0) is 12.5. The molecular formula is C14H14N3O+. The molecule has 0 unspecified atom stereocenters. The first-order valence-corrected chi connectivity index (χ1v) is 5.94. The van der Waals surface area contributed by atoms with Crippen LogP contribution in [0.4, 0.5) is 5.88 Å². The van der Waals surface area contributed by atoms with Crippen LogP contribution in [0.2, 0.25) is 0 Å². The number of benzene rings is 2. The number of aromatic nitrogens is 2. The number of hydrogen-bond acceptors (Lipinski definition) is 3. The van der Waals surface area contributed by atoms with E-state index in [2.05, 4.69) is 23.5 Å². The summed E-state index contributed by atoms with van der Waals surface area (Å²) in [6.45, 7) is 2.73. The van der Waals surface area contributed by atoms with Crippen LogP contribution in [-0.2, 0) is 6.54 Å². The Morgan fingerprint density at radius 2 is 1.94 bits per heavy atom. The summed E-state index contributed by atoms with van der Waals surface area (Å²) >= 11 is 0. The maximum atomic E-state index is 5.89. The first-order chi connectivity index (χ1) is 8.81. The van der Waals surface area contributed by atoms with Crippen molar-refractivity contribution in [3.05, 3.63) is 42.5 Å². The second-order valence-corrected chi connectivity index (χ2v) is 4.13. The fourth-order valence-corrected chi connectivity index (χ4v) is 2.22. The van der Waals surface area contributed by atoms with Gasteiger partial charge in [-0.2, -0.15) is 0 Å². The molecule has 0 saturated carbocycles. The summed E-state index contributed by atoms with van der Waals surface area (Å²) in [4.78, 5) is 0. The maximum Gasteiger partial charge on any atom is 0.305 e. The molecule has 2 aromatic carbocycles. The predicted octanol–water partition coefficient (Wildman–Crippen LogP) is 2.38. The number of aryl methyl sites for hydroxylation is 1. The van der Waals surface area contributed by atoms with Gasteiger partial charge in [0.25, 0.3) is 0 Å². The summed E-state index contributed by atoms with van der Waals surface area (Å²) in [6.07, 6.45) is 0. The van der Waals surface area contributed by atoms with Gasteiger partial charge in [-0.25, -0.2) is 0 Å². The number of nitrogen functional groups attached to an aromatic ring is 1. The molecule has 0 spiro atoms. The molecule has 0 bridgehead atoms. The summed E-state index contributed by atoms with van der Waals surface area (Å²) in [7, 11) is 0. The smallest absolute Gasteiger partial charge is 0.305 e. The van der Waals surface area contributed by atoms with Crippen LogP contribution in [0.25, 0.3) is 22.0 Å². The third-order valence-corrected chi connectivity index (χ3v) is 3.07. The van der Waals surface area contributed by atoms with E-state index in [1.165, 1.54) is 5.39 Å². The van der Waals surface area contributed by atoms with E-state index in [0.29, 0.717) is 5.88 Å². The third kappa shape index (κ3) is 1.54. The summed E-state index contributed by atoms with van der Waals surface area (Å²) < 4.78 is 6.86. The molecule has 4 heteroatoms. The molecule has 0 aliphatic heterocycles. The number of anilines is 1. The standard InChI is InChI=1S/C14H14N3O/c1-2-17-13(14(15)18-16-17)12-9-5-7-10-6-3-4-8-11(10)12/h3-9H,2,15H2,1H3/q+1. The summed E-state index contributed by atoms with van der Waals surface area (Å²) in [5.74, 6) is 0.355. The van der Waals surface area contributed by atoms with E-state index >= 15 is 0 Å². The summed E-state index contributed by atoms with van der Waals surface area (Å²) in [6, 6.07) is 14.3. The average molecular weight is 240 g/mol. The van der Waals surface area contributed by atoms with Crippen molar-refractivity contribution in [2.75, 3.05) is 5.73 Å². The molecule has 0 aliphatic rings. The SMILES string of the molecule is CC[n+]1noc(N)c1-c1cccc2ccccc12. The maximum absolute atomic E-state index is 5.89. The Balaban J connectivity index is 2.35. The van der Waals surface area contributed by atoms with E-state index in [9.17, 15) is 0 Å². The summed E-state index contributed by atoms with van der Waals surface area (Å²) in [5.41, 5.74) is 7.78. The lowest BCUT2D eigenvalue weighted by Crippen LogP contribution is -2.36. The molecule has 1 heterocycles. The molecular weight excluding hydrogens is 226 g/mol. The minimum absolute atomic E-state index is 0.355. The minimum atomic E-state index is 0.355. The van der Waals surface area contributed by atoms with E-state index in [4.69, 9.17) is 10.3 Å². The molecule has 3 aromatic rings. The van der Waals surface area contributed by atoms with Gasteiger partial charge >= 0.3 is 11.6 Å². The average Bonchev–Trinajstić information content (AvgIpc) is 2.79. The van der Waals surface area contributed by atoms with Crippen LogP contribution in [0.3, 0.4) is 0 Å². The lowest BCUT2D eigenvalue weighted by Gasteiger charge is -2.01. The highest BCUT2D eigenvalue weighted by Gasteiger charge is 2.24. The van der Waals surface area contributed by atoms with Crippen molar-refractivity contribution >= 4 is 16.7 Å². The Morgan fingerprint density at radius 3 is 2.78 bits per heavy atom. The molecule has 1 aromatic heterocycles. The second-order valence-electron chi connectivity index (χ2n) is 4.13. The molecule has 0 radical (unpaired) electrons. The van der Waals surface area contributed by atoms with Crippen molar-refractivity contribution in [1.29, 1.82) is 0 Å². The van der Waals surface area contributed by atoms with Gasteiger partial charge in [0.1, 0.15) is 0 Å². The second kappa shape index (κ2) is 4.14. The third-order valence-electron chi connectivity index (χ3n) is 3.07. The predicted molar refractivity (Wildman–Crippen MR) is 69.7 cm³/mol. The fourth-order valence-electron chi connectivity index (χ4n) is 2.22. The largest absolute Gasteiger partial charge is 0.362 e. The van der Waals surface area contributed by atoms with Gasteiger partial charge in [-0.05, 0) is 28.4 Å². The fraction of sp³-hybridized carbons (Fsp3) is 0.143. The van der Waals surface area contributed by atoms with Crippen molar-refractivity contribution in [1.82, 2.24) is 5.27 Å². The molecule has 0 fully saturated rings. The highest BCUT2D eigenvalue weighted by molar-refractivity contribution is 5.96. The number of nitrogens with two attached hydrogens (primary N) is 1.